The monoisotopic (exact) mass is 280 g/mol. The van der Waals surface area contributed by atoms with Crippen LogP contribution in [0.25, 0.3) is 0 Å². The lowest BCUT2D eigenvalue weighted by atomic mass is 10.3. The van der Waals surface area contributed by atoms with Crippen molar-refractivity contribution < 1.29 is 18.8 Å². The van der Waals surface area contributed by atoms with Crippen molar-refractivity contribution in [1.82, 2.24) is 0 Å². The van der Waals surface area contributed by atoms with Gasteiger partial charge in [0, 0.05) is 0 Å². The minimum atomic E-state index is -1.54. The van der Waals surface area contributed by atoms with Gasteiger partial charge in [-0.2, -0.15) is 0 Å². The molecule has 0 aromatic heterocycles. The number of nitrogens with zero attached hydrogens (tertiary/aromatic N) is 2. The van der Waals surface area contributed by atoms with Gasteiger partial charge >= 0.3 is 12.2 Å². The van der Waals surface area contributed by atoms with Crippen LogP contribution in [0.5, 0.6) is 5.75 Å². The Labute approximate surface area is 113 Å². The SMILES string of the molecule is CC[SiH](CC)OC(=O)N=NC(=O)Oc1ccccc1. The normalized spacial score (nSPS) is 10.7. The molecule has 0 fully saturated rings. The summed E-state index contributed by atoms with van der Waals surface area (Å²) in [7, 11) is -1.54. The Morgan fingerprint density at radius 3 is 2.21 bits per heavy atom. The van der Waals surface area contributed by atoms with Gasteiger partial charge in [-0.3, -0.25) is 0 Å². The van der Waals surface area contributed by atoms with E-state index in [2.05, 4.69) is 10.2 Å². The average molecular weight is 280 g/mol. The zero-order valence-corrected chi connectivity index (χ0v) is 12.1. The van der Waals surface area contributed by atoms with Crippen LogP contribution in [-0.4, -0.2) is 21.2 Å². The number of rotatable bonds is 4. The van der Waals surface area contributed by atoms with Crippen LogP contribution >= 0.6 is 0 Å². The molecule has 0 heterocycles. The third kappa shape index (κ3) is 5.91. The van der Waals surface area contributed by atoms with Gasteiger partial charge in [0.25, 0.3) is 0 Å². The summed E-state index contributed by atoms with van der Waals surface area (Å²) in [5.74, 6) is 0.342. The van der Waals surface area contributed by atoms with Gasteiger partial charge < -0.3 is 9.16 Å². The minimum Gasteiger partial charge on any atom is -0.504 e. The Morgan fingerprint density at radius 2 is 1.63 bits per heavy atom. The maximum absolute atomic E-state index is 11.3. The third-order valence-corrected chi connectivity index (χ3v) is 4.70. The maximum atomic E-state index is 11.3. The van der Waals surface area contributed by atoms with Crippen LogP contribution in [0.2, 0.25) is 12.1 Å². The van der Waals surface area contributed by atoms with E-state index in [0.717, 1.165) is 12.1 Å². The number of carbonyl (C=O) groups is 2. The molecule has 1 aromatic rings. The van der Waals surface area contributed by atoms with Crippen molar-refractivity contribution in [2.45, 2.75) is 25.9 Å². The zero-order valence-electron chi connectivity index (χ0n) is 10.9. The van der Waals surface area contributed by atoms with Crippen LogP contribution in [0.3, 0.4) is 0 Å². The Hall–Kier alpha value is -2.02. The third-order valence-electron chi connectivity index (χ3n) is 2.34. The number of hydrogen-bond acceptors (Lipinski definition) is 4. The second-order valence-electron chi connectivity index (χ2n) is 3.70. The van der Waals surface area contributed by atoms with E-state index in [-0.39, 0.29) is 0 Å². The van der Waals surface area contributed by atoms with Gasteiger partial charge in [0.1, 0.15) is 5.75 Å². The lowest BCUT2D eigenvalue weighted by Gasteiger charge is -2.08. The van der Waals surface area contributed by atoms with Crippen LogP contribution in [0.4, 0.5) is 9.59 Å². The zero-order chi connectivity index (χ0) is 14.1. The molecule has 0 aliphatic rings. The van der Waals surface area contributed by atoms with Gasteiger partial charge in [0.2, 0.25) is 9.04 Å². The van der Waals surface area contributed by atoms with Crippen LogP contribution < -0.4 is 4.74 Å². The quantitative estimate of drug-likeness (QED) is 0.624. The summed E-state index contributed by atoms with van der Waals surface area (Å²) in [6.45, 7) is 3.91. The van der Waals surface area contributed by atoms with E-state index in [9.17, 15) is 9.59 Å². The molecule has 6 nitrogen and oxygen atoms in total. The molecule has 0 radical (unpaired) electrons. The number of azo groups is 1. The van der Waals surface area contributed by atoms with Crippen molar-refractivity contribution in [2.24, 2.45) is 10.2 Å². The number of amides is 2. The van der Waals surface area contributed by atoms with Crippen molar-refractivity contribution in [2.75, 3.05) is 0 Å². The van der Waals surface area contributed by atoms with Crippen LogP contribution in [0, 0.1) is 0 Å². The Bertz CT molecular complexity index is 446. The Kier molecular flexibility index (Phi) is 6.45. The lowest BCUT2D eigenvalue weighted by Crippen LogP contribution is -2.18. The van der Waals surface area contributed by atoms with Gasteiger partial charge in [0.05, 0.1) is 0 Å². The molecular formula is C12H16N2O4Si. The second-order valence-corrected chi connectivity index (χ2v) is 6.82. The van der Waals surface area contributed by atoms with Crippen molar-refractivity contribution in [3.05, 3.63) is 30.3 Å². The highest BCUT2D eigenvalue weighted by atomic mass is 28.3. The molecular weight excluding hydrogens is 264 g/mol. The van der Waals surface area contributed by atoms with Crippen molar-refractivity contribution in [3.63, 3.8) is 0 Å². The average Bonchev–Trinajstić information content (AvgIpc) is 2.43. The van der Waals surface area contributed by atoms with Crippen molar-refractivity contribution in [1.29, 1.82) is 0 Å². The molecule has 0 aliphatic carbocycles. The molecule has 0 atom stereocenters. The first-order chi connectivity index (χ1) is 9.15. The van der Waals surface area contributed by atoms with E-state index in [0.29, 0.717) is 5.75 Å². The van der Waals surface area contributed by atoms with E-state index < -0.39 is 21.2 Å². The van der Waals surface area contributed by atoms with E-state index in [1.165, 1.54) is 0 Å². The summed E-state index contributed by atoms with van der Waals surface area (Å²) in [4.78, 5) is 22.5. The number of benzene rings is 1. The second kappa shape index (κ2) is 8.14. The molecule has 0 spiro atoms. The predicted octanol–water partition coefficient (Wildman–Crippen LogP) is 3.54. The summed E-state index contributed by atoms with van der Waals surface area (Å²) in [6, 6.07) is 10.1. The fraction of sp³-hybridized carbons (Fsp3) is 0.333. The molecule has 1 aromatic carbocycles. The van der Waals surface area contributed by atoms with E-state index in [1.807, 2.05) is 13.8 Å². The molecule has 0 N–H and O–H groups in total. The smallest absolute Gasteiger partial charge is 0.458 e. The molecule has 2 amide bonds. The first-order valence-electron chi connectivity index (χ1n) is 6.04. The highest BCUT2D eigenvalue weighted by molar-refractivity contribution is 6.53. The van der Waals surface area contributed by atoms with E-state index >= 15 is 0 Å². The predicted molar refractivity (Wildman–Crippen MR) is 71.9 cm³/mol. The minimum absolute atomic E-state index is 0.342. The number of para-hydroxylation sites is 1. The van der Waals surface area contributed by atoms with Gasteiger partial charge in [0.15, 0.2) is 0 Å². The number of hydrogen-bond donors (Lipinski definition) is 0. The van der Waals surface area contributed by atoms with E-state index in [1.54, 1.807) is 30.3 Å². The molecule has 0 saturated heterocycles. The first-order valence-corrected chi connectivity index (χ1v) is 8.15. The highest BCUT2D eigenvalue weighted by Crippen LogP contribution is 2.09. The topological polar surface area (TPSA) is 77.3 Å². The molecule has 0 unspecified atom stereocenters. The fourth-order valence-electron chi connectivity index (χ4n) is 1.31. The molecule has 1 rings (SSSR count). The standard InChI is InChI=1S/C12H16N2O4Si/c1-3-19(4-2)18-12(16)14-13-11(15)17-10-8-6-5-7-9-10/h5-9,19H,3-4H2,1-2H3. The number of carbonyl (C=O) groups excluding carboxylic acids is 2. The largest absolute Gasteiger partial charge is 0.504 e. The summed E-state index contributed by atoms with van der Waals surface area (Å²) in [6.07, 6.45) is -1.78. The molecule has 102 valence electrons. The summed E-state index contributed by atoms with van der Waals surface area (Å²) in [5.41, 5.74) is 0. The molecule has 0 saturated carbocycles. The summed E-state index contributed by atoms with van der Waals surface area (Å²) in [5, 5.41) is 6.33. The molecule has 19 heavy (non-hydrogen) atoms. The van der Waals surface area contributed by atoms with Crippen LogP contribution in [0.1, 0.15) is 13.8 Å². The van der Waals surface area contributed by atoms with E-state index in [4.69, 9.17) is 9.16 Å². The Morgan fingerprint density at radius 1 is 1.05 bits per heavy atom. The maximum Gasteiger partial charge on any atom is 0.458 e. The molecule has 0 bridgehead atoms. The summed E-state index contributed by atoms with van der Waals surface area (Å²) >= 11 is 0. The van der Waals surface area contributed by atoms with Gasteiger partial charge in [-0.05, 0) is 24.2 Å². The first kappa shape index (κ1) is 15.0. The molecule has 7 heteroatoms. The number of ether oxygens (including phenoxy) is 1. The van der Waals surface area contributed by atoms with Crippen molar-refractivity contribution >= 4 is 21.2 Å². The van der Waals surface area contributed by atoms with Crippen LogP contribution in [0.15, 0.2) is 40.6 Å². The summed E-state index contributed by atoms with van der Waals surface area (Å²) < 4.78 is 9.91. The van der Waals surface area contributed by atoms with Gasteiger partial charge in [-0.25, -0.2) is 9.59 Å². The molecule has 0 aliphatic heterocycles. The Balaban J connectivity index is 2.43. The van der Waals surface area contributed by atoms with Crippen molar-refractivity contribution in [3.8, 4) is 5.75 Å². The highest BCUT2D eigenvalue weighted by Gasteiger charge is 2.12. The lowest BCUT2D eigenvalue weighted by molar-refractivity contribution is 0.200. The van der Waals surface area contributed by atoms with Crippen LogP contribution in [-0.2, 0) is 4.43 Å². The fourth-order valence-corrected chi connectivity index (χ4v) is 2.56. The van der Waals surface area contributed by atoms with Gasteiger partial charge in [-0.1, -0.05) is 42.3 Å². The van der Waals surface area contributed by atoms with Gasteiger partial charge in [-0.15, -0.1) is 0 Å².